The van der Waals surface area contributed by atoms with Crippen LogP contribution in [0.5, 0.6) is 0 Å². The molecule has 29 heavy (non-hydrogen) atoms. The van der Waals surface area contributed by atoms with Crippen molar-refractivity contribution in [1.82, 2.24) is 0 Å². The Morgan fingerprint density at radius 3 is 2.55 bits per heavy atom. The third-order valence-corrected chi connectivity index (χ3v) is 5.87. The summed E-state index contributed by atoms with van der Waals surface area (Å²) in [7, 11) is 0. The standard InChI is InChI=1S/C25H23FN2O/c1-16-13-17(5-10-22(16)26)25-20-8-6-18(27)14-23(20)29-24-15-19(7-9-21(24)25)28-11-3-2-4-12-28/h5-10,13-15,27H,2-4,11-12H2,1H3. The van der Waals surface area contributed by atoms with E-state index in [4.69, 9.17) is 9.83 Å². The van der Waals surface area contributed by atoms with Crippen LogP contribution in [-0.2, 0) is 0 Å². The Balaban J connectivity index is 1.78. The SMILES string of the molecule is Cc1cc(-c2c3ccc(=N)cc-3oc3cc(N4CCCCC4)ccc23)ccc1F. The summed E-state index contributed by atoms with van der Waals surface area (Å²) in [6, 6.07) is 17.1. The maximum Gasteiger partial charge on any atom is 0.137 e. The Morgan fingerprint density at radius 1 is 0.931 bits per heavy atom. The summed E-state index contributed by atoms with van der Waals surface area (Å²) < 4.78 is 20.2. The molecule has 0 saturated carbocycles. The molecule has 2 aromatic carbocycles. The minimum atomic E-state index is -0.205. The Kier molecular flexibility index (Phi) is 4.35. The van der Waals surface area contributed by atoms with Crippen LogP contribution in [0.3, 0.4) is 0 Å². The van der Waals surface area contributed by atoms with Crippen LogP contribution in [0.4, 0.5) is 10.1 Å². The zero-order valence-corrected chi connectivity index (χ0v) is 16.5. The first kappa shape index (κ1) is 17.9. The van der Waals surface area contributed by atoms with Gasteiger partial charge in [0.25, 0.3) is 0 Å². The highest BCUT2D eigenvalue weighted by molar-refractivity contribution is 6.02. The van der Waals surface area contributed by atoms with Gasteiger partial charge in [-0.15, -0.1) is 0 Å². The largest absolute Gasteiger partial charge is 0.456 e. The van der Waals surface area contributed by atoms with Gasteiger partial charge in [-0.25, -0.2) is 4.39 Å². The second-order valence-electron chi connectivity index (χ2n) is 7.88. The molecule has 0 spiro atoms. The number of halogens is 1. The van der Waals surface area contributed by atoms with Crippen molar-refractivity contribution in [3.8, 4) is 22.5 Å². The number of anilines is 1. The molecule has 2 heterocycles. The van der Waals surface area contributed by atoms with Gasteiger partial charge in [0.05, 0.1) is 5.36 Å². The molecule has 1 aliphatic carbocycles. The maximum atomic E-state index is 13.9. The van der Waals surface area contributed by atoms with Crippen molar-refractivity contribution >= 4 is 16.7 Å². The molecular formula is C25H23FN2O. The van der Waals surface area contributed by atoms with Gasteiger partial charge in [0, 0.05) is 47.4 Å². The number of aryl methyl sites for hydroxylation is 1. The summed E-state index contributed by atoms with van der Waals surface area (Å²) in [5.41, 5.74) is 5.50. The zero-order valence-electron chi connectivity index (χ0n) is 16.5. The summed E-state index contributed by atoms with van der Waals surface area (Å²) in [5, 5.41) is 9.42. The Hall–Kier alpha value is -3.14. The molecule has 2 aromatic rings. The van der Waals surface area contributed by atoms with Crippen LogP contribution in [0.25, 0.3) is 33.4 Å². The Labute approximate surface area is 169 Å². The van der Waals surface area contributed by atoms with Crippen molar-refractivity contribution < 1.29 is 8.81 Å². The minimum Gasteiger partial charge on any atom is -0.456 e. The van der Waals surface area contributed by atoms with Crippen LogP contribution in [0.1, 0.15) is 24.8 Å². The molecule has 2 aliphatic heterocycles. The lowest BCUT2D eigenvalue weighted by molar-refractivity contribution is 0.576. The molecule has 1 saturated heterocycles. The molecule has 0 bridgehead atoms. The van der Waals surface area contributed by atoms with Gasteiger partial charge in [-0.1, -0.05) is 6.07 Å². The molecule has 3 nitrogen and oxygen atoms in total. The fraction of sp³-hybridized carbons (Fsp3) is 0.240. The van der Waals surface area contributed by atoms with Crippen molar-refractivity contribution in [1.29, 1.82) is 5.41 Å². The van der Waals surface area contributed by atoms with E-state index in [9.17, 15) is 4.39 Å². The molecular weight excluding hydrogens is 363 g/mol. The first-order valence-corrected chi connectivity index (χ1v) is 10.2. The van der Waals surface area contributed by atoms with E-state index in [-0.39, 0.29) is 5.82 Å². The predicted molar refractivity (Wildman–Crippen MR) is 115 cm³/mol. The summed E-state index contributed by atoms with van der Waals surface area (Å²) in [4.78, 5) is 2.41. The van der Waals surface area contributed by atoms with E-state index in [1.165, 1.54) is 31.0 Å². The number of benzene rings is 3. The molecule has 0 aromatic heterocycles. The smallest absolute Gasteiger partial charge is 0.137 e. The first-order chi connectivity index (χ1) is 14.1. The van der Waals surface area contributed by atoms with E-state index >= 15 is 0 Å². The van der Waals surface area contributed by atoms with E-state index < -0.39 is 0 Å². The number of fused-ring (bicyclic) bond motifs is 2. The molecule has 1 fully saturated rings. The van der Waals surface area contributed by atoms with Crippen LogP contribution in [0.2, 0.25) is 0 Å². The van der Waals surface area contributed by atoms with Gasteiger partial charge >= 0.3 is 0 Å². The van der Waals surface area contributed by atoms with E-state index in [0.29, 0.717) is 16.7 Å². The molecule has 1 N–H and O–H groups in total. The van der Waals surface area contributed by atoms with E-state index in [1.807, 2.05) is 18.2 Å². The number of rotatable bonds is 2. The van der Waals surface area contributed by atoms with Crippen molar-refractivity contribution in [2.24, 2.45) is 0 Å². The first-order valence-electron chi connectivity index (χ1n) is 10.2. The lowest BCUT2D eigenvalue weighted by Gasteiger charge is -2.29. The maximum absolute atomic E-state index is 13.9. The van der Waals surface area contributed by atoms with Crippen molar-refractivity contribution in [3.05, 3.63) is 71.3 Å². The average molecular weight is 386 g/mol. The van der Waals surface area contributed by atoms with Gasteiger partial charge in [-0.2, -0.15) is 0 Å². The summed E-state index contributed by atoms with van der Waals surface area (Å²) >= 11 is 0. The Bertz CT molecular complexity index is 1240. The number of nitrogens with zero attached hydrogens (tertiary/aromatic N) is 1. The van der Waals surface area contributed by atoms with E-state index in [1.54, 1.807) is 19.1 Å². The number of hydrogen-bond acceptors (Lipinski definition) is 3. The van der Waals surface area contributed by atoms with Gasteiger partial charge in [0.1, 0.15) is 17.2 Å². The molecule has 0 unspecified atom stereocenters. The summed E-state index contributed by atoms with van der Waals surface area (Å²) in [5.74, 6) is 0.474. The number of nitrogens with one attached hydrogen (secondary N) is 1. The quantitative estimate of drug-likeness (QED) is 0.422. The average Bonchev–Trinajstić information content (AvgIpc) is 2.74. The van der Waals surface area contributed by atoms with Crippen LogP contribution >= 0.6 is 0 Å². The van der Waals surface area contributed by atoms with Gasteiger partial charge in [0.2, 0.25) is 0 Å². The third-order valence-electron chi connectivity index (χ3n) is 5.87. The van der Waals surface area contributed by atoms with E-state index in [2.05, 4.69) is 23.1 Å². The molecule has 5 rings (SSSR count). The zero-order chi connectivity index (χ0) is 20.0. The summed E-state index contributed by atoms with van der Waals surface area (Å²) in [6.07, 6.45) is 3.73. The highest BCUT2D eigenvalue weighted by atomic mass is 19.1. The van der Waals surface area contributed by atoms with Crippen molar-refractivity contribution in [2.45, 2.75) is 26.2 Å². The number of hydrogen-bond donors (Lipinski definition) is 1. The molecule has 0 atom stereocenters. The third kappa shape index (κ3) is 3.19. The van der Waals surface area contributed by atoms with E-state index in [0.717, 1.165) is 40.7 Å². The lowest BCUT2D eigenvalue weighted by Crippen LogP contribution is -2.29. The van der Waals surface area contributed by atoms with Crippen LogP contribution in [-0.4, -0.2) is 13.1 Å². The second kappa shape index (κ2) is 7.03. The normalized spacial score (nSPS) is 14.6. The van der Waals surface area contributed by atoms with Gasteiger partial charge in [-0.3, -0.25) is 0 Å². The highest BCUT2D eigenvalue weighted by Crippen LogP contribution is 2.41. The van der Waals surface area contributed by atoms with Crippen molar-refractivity contribution in [3.63, 3.8) is 0 Å². The van der Waals surface area contributed by atoms with Crippen LogP contribution in [0, 0.1) is 18.2 Å². The monoisotopic (exact) mass is 386 g/mol. The Morgan fingerprint density at radius 2 is 1.76 bits per heavy atom. The van der Waals surface area contributed by atoms with Gasteiger partial charge < -0.3 is 14.7 Å². The minimum absolute atomic E-state index is 0.205. The topological polar surface area (TPSA) is 40.2 Å². The fourth-order valence-corrected chi connectivity index (χ4v) is 4.34. The second-order valence-corrected chi connectivity index (χ2v) is 7.88. The van der Waals surface area contributed by atoms with Crippen LogP contribution in [0.15, 0.2) is 59.0 Å². The van der Waals surface area contributed by atoms with Crippen LogP contribution < -0.4 is 10.3 Å². The fourth-order valence-electron chi connectivity index (χ4n) is 4.34. The molecule has 146 valence electrons. The highest BCUT2D eigenvalue weighted by Gasteiger charge is 2.19. The number of piperidine rings is 1. The lowest BCUT2D eigenvalue weighted by atomic mass is 9.92. The predicted octanol–water partition coefficient (Wildman–Crippen LogP) is 6.12. The van der Waals surface area contributed by atoms with Gasteiger partial charge in [-0.05, 0) is 73.7 Å². The molecule has 0 radical (unpaired) electrons. The van der Waals surface area contributed by atoms with Crippen molar-refractivity contribution in [2.75, 3.05) is 18.0 Å². The van der Waals surface area contributed by atoms with Gasteiger partial charge in [0.15, 0.2) is 0 Å². The summed E-state index contributed by atoms with van der Waals surface area (Å²) in [6.45, 7) is 3.92. The molecule has 4 heteroatoms. The molecule has 0 amide bonds. The molecule has 3 aliphatic rings.